The molecule has 0 spiro atoms. The van der Waals surface area contributed by atoms with Crippen LogP contribution in [0.25, 0.3) is 0 Å². The topological polar surface area (TPSA) is 0 Å². The van der Waals surface area contributed by atoms with Crippen LogP contribution in [0.2, 0.25) is 0 Å². The van der Waals surface area contributed by atoms with Gasteiger partial charge in [0.25, 0.3) is 0 Å². The van der Waals surface area contributed by atoms with Gasteiger partial charge in [0.05, 0.1) is 0 Å². The molecule has 0 unspecified atom stereocenters. The molecule has 0 fully saturated rings. The summed E-state index contributed by atoms with van der Waals surface area (Å²) in [6.07, 6.45) is 8.32. The first-order chi connectivity index (χ1) is 13.6. The minimum atomic E-state index is 0. The van der Waals surface area contributed by atoms with Gasteiger partial charge in [0.15, 0.2) is 0 Å². The van der Waals surface area contributed by atoms with Crippen LogP contribution in [0.1, 0.15) is 165 Å². The Morgan fingerprint density at radius 1 is 0.242 bits per heavy atom. The molecule has 33 heavy (non-hydrogen) atoms. The monoisotopic (exact) mass is 475 g/mol. The molecule has 0 amide bonds. The second kappa shape index (κ2) is 28.2. The summed E-state index contributed by atoms with van der Waals surface area (Å²) >= 11 is 0. The van der Waals surface area contributed by atoms with Crippen molar-refractivity contribution in [3.05, 3.63) is 0 Å². The van der Waals surface area contributed by atoms with E-state index in [0.717, 1.165) is 53.3 Å². The van der Waals surface area contributed by atoms with Gasteiger partial charge in [-0.2, -0.15) is 0 Å². The molecule has 0 aromatic rings. The van der Waals surface area contributed by atoms with E-state index in [2.05, 4.69) is 104 Å². The van der Waals surface area contributed by atoms with Gasteiger partial charge in [-0.25, -0.2) is 0 Å². The summed E-state index contributed by atoms with van der Waals surface area (Å²) in [5.41, 5.74) is 0. The van der Waals surface area contributed by atoms with Gasteiger partial charge in [-0.1, -0.05) is 126 Å². The summed E-state index contributed by atoms with van der Waals surface area (Å²) in [5.74, 6) is 7.97. The molecule has 0 N–H and O–H groups in total. The standard InChI is InChI=1S/3C10H22.3CH4/c3*1-8(2)6-10(5)7-9(3)4;;;/h3*8-10H,6-7H2,1-5H3;3*1H4. The maximum absolute atomic E-state index is 2.36. The molecule has 0 aliphatic carbocycles. The Hall–Kier alpha value is 0. The third kappa shape index (κ3) is 50.0. The normalized spacial score (nSPS) is 10.9. The third-order valence-electron chi connectivity index (χ3n) is 5.24. The first-order valence-corrected chi connectivity index (χ1v) is 13.6. The van der Waals surface area contributed by atoms with E-state index < -0.39 is 0 Å². The van der Waals surface area contributed by atoms with E-state index in [1.807, 2.05) is 0 Å². The molecular weight excluding hydrogens is 396 g/mol. The Morgan fingerprint density at radius 3 is 0.394 bits per heavy atom. The molecule has 210 valence electrons. The lowest BCUT2D eigenvalue weighted by molar-refractivity contribution is 0.368. The van der Waals surface area contributed by atoms with E-state index in [0.29, 0.717) is 0 Å². The Balaban J connectivity index is -0.0000000792. The molecule has 0 saturated carbocycles. The van der Waals surface area contributed by atoms with Gasteiger partial charge < -0.3 is 0 Å². The van der Waals surface area contributed by atoms with Crippen LogP contribution in [-0.4, -0.2) is 0 Å². The van der Waals surface area contributed by atoms with Gasteiger partial charge in [-0.3, -0.25) is 0 Å². The van der Waals surface area contributed by atoms with Crippen LogP contribution in [0.15, 0.2) is 0 Å². The minimum absolute atomic E-state index is 0. The molecule has 0 atom stereocenters. The molecule has 0 heteroatoms. The molecule has 0 saturated heterocycles. The van der Waals surface area contributed by atoms with E-state index in [1.165, 1.54) is 38.5 Å². The molecule has 0 aliphatic rings. The van der Waals surface area contributed by atoms with Crippen molar-refractivity contribution >= 4 is 0 Å². The summed E-state index contributed by atoms with van der Waals surface area (Å²) in [6, 6.07) is 0. The number of hydrogen-bond donors (Lipinski definition) is 0. The first kappa shape index (κ1) is 46.4. The highest BCUT2D eigenvalue weighted by Crippen LogP contribution is 2.20. The third-order valence-corrected chi connectivity index (χ3v) is 5.24. The SMILES string of the molecule is C.C.C.CC(C)CC(C)CC(C)C.CC(C)CC(C)CC(C)C.CC(C)CC(C)CC(C)C. The maximum Gasteiger partial charge on any atom is -0.0438 e. The molecule has 0 heterocycles. The van der Waals surface area contributed by atoms with Crippen LogP contribution in [-0.2, 0) is 0 Å². The lowest BCUT2D eigenvalue weighted by atomic mass is 9.91. The van der Waals surface area contributed by atoms with E-state index in [9.17, 15) is 0 Å². The van der Waals surface area contributed by atoms with Gasteiger partial charge in [0, 0.05) is 0 Å². The lowest BCUT2D eigenvalue weighted by Gasteiger charge is -2.15. The van der Waals surface area contributed by atoms with Crippen LogP contribution in [0.5, 0.6) is 0 Å². The van der Waals surface area contributed by atoms with Crippen molar-refractivity contribution in [1.29, 1.82) is 0 Å². The Labute approximate surface area is 217 Å². The van der Waals surface area contributed by atoms with Gasteiger partial charge in [0.1, 0.15) is 0 Å². The predicted molar refractivity (Wildman–Crippen MR) is 164 cm³/mol. The Kier molecular flexibility index (Phi) is 39.7. The average Bonchev–Trinajstić information content (AvgIpc) is 2.42. The molecule has 0 nitrogen and oxygen atoms in total. The zero-order valence-electron chi connectivity index (χ0n) is 24.4. The van der Waals surface area contributed by atoms with Crippen LogP contribution in [0.3, 0.4) is 0 Å². The van der Waals surface area contributed by atoms with Crippen LogP contribution < -0.4 is 0 Å². The minimum Gasteiger partial charge on any atom is -0.0776 e. The van der Waals surface area contributed by atoms with Gasteiger partial charge >= 0.3 is 0 Å². The van der Waals surface area contributed by atoms with Gasteiger partial charge in [-0.05, 0) is 91.8 Å². The second-order valence-corrected chi connectivity index (χ2v) is 13.1. The fraction of sp³-hybridized carbons (Fsp3) is 1.00. The summed E-state index contributed by atoms with van der Waals surface area (Å²) < 4.78 is 0. The molecule has 0 rings (SSSR count). The van der Waals surface area contributed by atoms with E-state index in [1.54, 1.807) is 0 Å². The highest BCUT2D eigenvalue weighted by molar-refractivity contribution is 4.59. The van der Waals surface area contributed by atoms with E-state index in [-0.39, 0.29) is 22.3 Å². The molecular formula is C33H78. The van der Waals surface area contributed by atoms with Crippen LogP contribution >= 0.6 is 0 Å². The zero-order valence-corrected chi connectivity index (χ0v) is 24.4. The molecule has 0 radical (unpaired) electrons. The molecule has 0 aromatic carbocycles. The van der Waals surface area contributed by atoms with Crippen molar-refractivity contribution in [1.82, 2.24) is 0 Å². The summed E-state index contributed by atoms with van der Waals surface area (Å²) in [4.78, 5) is 0. The second-order valence-electron chi connectivity index (χ2n) is 13.1. The number of hydrogen-bond acceptors (Lipinski definition) is 0. The number of rotatable bonds is 12. The fourth-order valence-corrected chi connectivity index (χ4v) is 5.12. The first-order valence-electron chi connectivity index (χ1n) is 13.6. The van der Waals surface area contributed by atoms with Crippen molar-refractivity contribution < 1.29 is 0 Å². The van der Waals surface area contributed by atoms with Gasteiger partial charge in [-0.15, -0.1) is 0 Å². The molecule has 0 bridgehead atoms. The van der Waals surface area contributed by atoms with Crippen molar-refractivity contribution in [2.24, 2.45) is 53.3 Å². The Morgan fingerprint density at radius 2 is 0.333 bits per heavy atom. The zero-order chi connectivity index (χ0) is 24.4. The van der Waals surface area contributed by atoms with Crippen LogP contribution in [0.4, 0.5) is 0 Å². The quantitative estimate of drug-likeness (QED) is 0.264. The van der Waals surface area contributed by atoms with E-state index in [4.69, 9.17) is 0 Å². The molecule has 0 aliphatic heterocycles. The highest BCUT2D eigenvalue weighted by atomic mass is 14.1. The smallest absolute Gasteiger partial charge is 0.0438 e. The van der Waals surface area contributed by atoms with Crippen molar-refractivity contribution in [2.75, 3.05) is 0 Å². The molecule has 0 aromatic heterocycles. The summed E-state index contributed by atoms with van der Waals surface area (Å²) in [7, 11) is 0. The predicted octanol–water partition coefficient (Wildman–Crippen LogP) is 13.1. The van der Waals surface area contributed by atoms with E-state index >= 15 is 0 Å². The van der Waals surface area contributed by atoms with Crippen molar-refractivity contribution in [3.8, 4) is 0 Å². The lowest BCUT2D eigenvalue weighted by Crippen LogP contribution is -2.03. The van der Waals surface area contributed by atoms with Crippen LogP contribution in [0, 0.1) is 53.3 Å². The Bertz CT molecular complexity index is 239. The summed E-state index contributed by atoms with van der Waals surface area (Å²) in [6.45, 7) is 34.7. The van der Waals surface area contributed by atoms with Gasteiger partial charge in [0.2, 0.25) is 0 Å². The van der Waals surface area contributed by atoms with Crippen molar-refractivity contribution in [3.63, 3.8) is 0 Å². The highest BCUT2D eigenvalue weighted by Gasteiger charge is 2.07. The average molecular weight is 475 g/mol. The maximum atomic E-state index is 2.36. The fourth-order valence-electron chi connectivity index (χ4n) is 5.12. The summed E-state index contributed by atoms with van der Waals surface area (Å²) in [5, 5.41) is 0. The van der Waals surface area contributed by atoms with Crippen molar-refractivity contribution in [2.45, 2.75) is 165 Å². The largest absolute Gasteiger partial charge is 0.0776 e.